The van der Waals surface area contributed by atoms with Crippen LogP contribution in [-0.4, -0.2) is 27.5 Å². The minimum absolute atomic E-state index is 0.106. The summed E-state index contributed by atoms with van der Waals surface area (Å²) in [4.78, 5) is 22.1. The van der Waals surface area contributed by atoms with E-state index in [2.05, 4.69) is 15.3 Å². The van der Waals surface area contributed by atoms with Gasteiger partial charge in [0.2, 0.25) is 0 Å². The van der Waals surface area contributed by atoms with E-state index >= 15 is 0 Å². The van der Waals surface area contributed by atoms with E-state index in [1.165, 1.54) is 4.88 Å². The number of rotatable bonds is 6. The van der Waals surface area contributed by atoms with E-state index in [0.29, 0.717) is 12.1 Å². The van der Waals surface area contributed by atoms with E-state index in [9.17, 15) is 9.90 Å². The molecule has 0 radical (unpaired) electrons. The Balaban J connectivity index is 1.71. The average Bonchev–Trinajstić information content (AvgIpc) is 3.06. The second kappa shape index (κ2) is 7.98. The highest BCUT2D eigenvalue weighted by atomic mass is 32.1. The van der Waals surface area contributed by atoms with Crippen molar-refractivity contribution in [2.45, 2.75) is 32.8 Å². The normalized spacial score (nSPS) is 11.4. The van der Waals surface area contributed by atoms with Gasteiger partial charge < -0.3 is 10.4 Å². The van der Waals surface area contributed by atoms with Gasteiger partial charge in [0, 0.05) is 46.9 Å². The topological polar surface area (TPSA) is 75.1 Å². The molecule has 0 saturated carbocycles. The maximum absolute atomic E-state index is 12.5. The molecule has 140 valence electrons. The average molecular weight is 382 g/mol. The van der Waals surface area contributed by atoms with Gasteiger partial charge >= 0.3 is 0 Å². The second-order valence-electron chi connectivity index (χ2n) is 6.97. The lowest BCUT2D eigenvalue weighted by molar-refractivity contribution is 0.0782. The molecule has 2 heterocycles. The molecule has 0 spiro atoms. The van der Waals surface area contributed by atoms with Crippen LogP contribution >= 0.6 is 11.3 Å². The Morgan fingerprint density at radius 3 is 2.74 bits per heavy atom. The zero-order valence-electron chi connectivity index (χ0n) is 15.7. The molecule has 0 saturated heterocycles. The summed E-state index contributed by atoms with van der Waals surface area (Å²) in [6, 6.07) is 9.33. The smallest absolute Gasteiger partial charge is 0.251 e. The highest BCUT2D eigenvalue weighted by molar-refractivity contribution is 7.09. The number of carbonyl (C=O) groups excluding carboxylic acids is 1. The number of amides is 1. The lowest BCUT2D eigenvalue weighted by atomic mass is 9.96. The van der Waals surface area contributed by atoms with E-state index in [-0.39, 0.29) is 5.91 Å². The minimum Gasteiger partial charge on any atom is -0.386 e. The Morgan fingerprint density at radius 2 is 2.04 bits per heavy atom. The van der Waals surface area contributed by atoms with E-state index in [1.54, 1.807) is 43.6 Å². The van der Waals surface area contributed by atoms with Gasteiger partial charge in [0.1, 0.15) is 0 Å². The molecule has 0 unspecified atom stereocenters. The standard InChI is InChI=1S/C21H23N3O2S/c1-14-19(27-13-24-14)7-8-23-20(25)16-6-4-5-15(9-16)17-10-18(12-22-11-17)21(2,3)26/h4-6,9-13,26H,7-8H2,1-3H3,(H,23,25). The first-order valence-electron chi connectivity index (χ1n) is 8.80. The third kappa shape index (κ3) is 4.78. The third-order valence-electron chi connectivity index (χ3n) is 4.39. The Bertz CT molecular complexity index is 944. The van der Waals surface area contributed by atoms with Gasteiger partial charge in [0.15, 0.2) is 0 Å². The van der Waals surface area contributed by atoms with E-state index < -0.39 is 5.60 Å². The third-order valence-corrected chi connectivity index (χ3v) is 5.38. The second-order valence-corrected chi connectivity index (χ2v) is 7.91. The zero-order valence-corrected chi connectivity index (χ0v) is 16.5. The number of aliphatic hydroxyl groups is 1. The summed E-state index contributed by atoms with van der Waals surface area (Å²) in [7, 11) is 0. The fourth-order valence-electron chi connectivity index (χ4n) is 2.73. The molecule has 2 N–H and O–H groups in total. The molecule has 27 heavy (non-hydrogen) atoms. The van der Waals surface area contributed by atoms with Crippen molar-refractivity contribution in [3.63, 3.8) is 0 Å². The number of pyridine rings is 1. The maximum Gasteiger partial charge on any atom is 0.251 e. The highest BCUT2D eigenvalue weighted by Crippen LogP contribution is 2.25. The molecule has 0 bridgehead atoms. The van der Waals surface area contributed by atoms with Gasteiger partial charge in [-0.05, 0) is 44.5 Å². The molecule has 0 aliphatic carbocycles. The zero-order chi connectivity index (χ0) is 19.4. The lowest BCUT2D eigenvalue weighted by Gasteiger charge is -2.18. The van der Waals surface area contributed by atoms with Crippen molar-refractivity contribution >= 4 is 17.2 Å². The van der Waals surface area contributed by atoms with Crippen LogP contribution < -0.4 is 5.32 Å². The monoisotopic (exact) mass is 381 g/mol. The lowest BCUT2D eigenvalue weighted by Crippen LogP contribution is -2.25. The van der Waals surface area contributed by atoms with Crippen LogP contribution in [0.5, 0.6) is 0 Å². The molecule has 3 aromatic rings. The molecule has 0 atom stereocenters. The summed E-state index contributed by atoms with van der Waals surface area (Å²) in [5.74, 6) is -0.106. The molecule has 5 nitrogen and oxygen atoms in total. The van der Waals surface area contributed by atoms with Crippen molar-refractivity contribution < 1.29 is 9.90 Å². The predicted octanol–water partition coefficient (Wildman–Crippen LogP) is 3.71. The van der Waals surface area contributed by atoms with Crippen LogP contribution in [0.4, 0.5) is 0 Å². The van der Waals surface area contributed by atoms with Gasteiger partial charge in [-0.2, -0.15) is 0 Å². The summed E-state index contributed by atoms with van der Waals surface area (Å²) in [5, 5.41) is 13.2. The number of hydrogen-bond acceptors (Lipinski definition) is 5. The SMILES string of the molecule is Cc1ncsc1CCNC(=O)c1cccc(-c2cncc(C(C)(C)O)c2)c1. The number of carbonyl (C=O) groups is 1. The Morgan fingerprint density at radius 1 is 1.22 bits per heavy atom. The molecular formula is C21H23N3O2S. The number of nitrogens with one attached hydrogen (secondary N) is 1. The first-order valence-corrected chi connectivity index (χ1v) is 9.68. The van der Waals surface area contributed by atoms with Gasteiger partial charge in [0.05, 0.1) is 16.8 Å². The van der Waals surface area contributed by atoms with Crippen LogP contribution in [0.3, 0.4) is 0 Å². The summed E-state index contributed by atoms with van der Waals surface area (Å²) in [5.41, 5.74) is 4.97. The molecule has 6 heteroatoms. The van der Waals surface area contributed by atoms with Crippen molar-refractivity contribution in [1.29, 1.82) is 0 Å². The molecular weight excluding hydrogens is 358 g/mol. The van der Waals surface area contributed by atoms with Crippen LogP contribution in [0.25, 0.3) is 11.1 Å². The van der Waals surface area contributed by atoms with Gasteiger partial charge in [-0.25, -0.2) is 4.98 Å². The van der Waals surface area contributed by atoms with Crippen LogP contribution in [0.1, 0.15) is 40.3 Å². The fraction of sp³-hybridized carbons (Fsp3) is 0.286. The van der Waals surface area contributed by atoms with Gasteiger partial charge in [-0.3, -0.25) is 9.78 Å². The molecule has 2 aromatic heterocycles. The fourth-order valence-corrected chi connectivity index (χ4v) is 3.51. The molecule has 0 fully saturated rings. The van der Waals surface area contributed by atoms with Crippen molar-refractivity contribution in [1.82, 2.24) is 15.3 Å². The molecule has 1 amide bonds. The van der Waals surface area contributed by atoms with E-state index in [0.717, 1.165) is 28.8 Å². The molecule has 0 aliphatic rings. The van der Waals surface area contributed by atoms with Crippen LogP contribution in [0.2, 0.25) is 0 Å². The summed E-state index contributed by atoms with van der Waals surface area (Å²) in [6.45, 7) is 6.00. The highest BCUT2D eigenvalue weighted by Gasteiger charge is 2.17. The number of aromatic nitrogens is 2. The first kappa shape index (κ1) is 19.2. The molecule has 3 rings (SSSR count). The quantitative estimate of drug-likeness (QED) is 0.682. The van der Waals surface area contributed by atoms with Crippen molar-refractivity contribution in [3.8, 4) is 11.1 Å². The number of hydrogen-bond donors (Lipinski definition) is 2. The number of thiazole rings is 1. The summed E-state index contributed by atoms with van der Waals surface area (Å²) in [6.07, 6.45) is 4.17. The Hall–Kier alpha value is -2.57. The maximum atomic E-state index is 12.5. The van der Waals surface area contributed by atoms with Crippen LogP contribution in [0.15, 0.2) is 48.2 Å². The Labute approximate surface area is 163 Å². The first-order chi connectivity index (χ1) is 12.8. The van der Waals surface area contributed by atoms with Crippen LogP contribution in [-0.2, 0) is 12.0 Å². The van der Waals surface area contributed by atoms with Gasteiger partial charge in [-0.1, -0.05) is 12.1 Å². The largest absolute Gasteiger partial charge is 0.386 e. The number of benzene rings is 1. The van der Waals surface area contributed by atoms with Crippen molar-refractivity contribution in [2.24, 2.45) is 0 Å². The van der Waals surface area contributed by atoms with E-state index in [1.807, 2.05) is 36.7 Å². The molecule has 1 aromatic carbocycles. The van der Waals surface area contributed by atoms with Gasteiger partial charge in [-0.15, -0.1) is 11.3 Å². The van der Waals surface area contributed by atoms with Crippen molar-refractivity contribution in [2.75, 3.05) is 6.54 Å². The van der Waals surface area contributed by atoms with Crippen LogP contribution in [0, 0.1) is 6.92 Å². The summed E-state index contributed by atoms with van der Waals surface area (Å²) >= 11 is 1.61. The Kier molecular flexibility index (Phi) is 5.68. The van der Waals surface area contributed by atoms with Crippen molar-refractivity contribution in [3.05, 3.63) is 69.9 Å². The molecule has 0 aliphatic heterocycles. The van der Waals surface area contributed by atoms with Gasteiger partial charge in [0.25, 0.3) is 5.91 Å². The summed E-state index contributed by atoms with van der Waals surface area (Å²) < 4.78 is 0. The predicted molar refractivity (Wildman–Crippen MR) is 108 cm³/mol. The number of nitrogens with zero attached hydrogens (tertiary/aromatic N) is 2. The van der Waals surface area contributed by atoms with E-state index in [4.69, 9.17) is 0 Å². The number of aryl methyl sites for hydroxylation is 1. The minimum atomic E-state index is -0.966.